The maximum atomic E-state index is 12.1. The Kier molecular flexibility index (Phi) is 6.07. The predicted octanol–water partition coefficient (Wildman–Crippen LogP) is 3.31. The van der Waals surface area contributed by atoms with Crippen LogP contribution in [-0.4, -0.2) is 42.7 Å². The van der Waals surface area contributed by atoms with E-state index in [2.05, 4.69) is 56.6 Å². The Hall–Kier alpha value is -2.76. The van der Waals surface area contributed by atoms with Crippen molar-refractivity contribution in [2.24, 2.45) is 0 Å². The minimum Gasteiger partial charge on any atom is -0.368 e. The number of amides is 2. The lowest BCUT2D eigenvalue weighted by atomic mass is 10.1. The fraction of sp³-hybridized carbons (Fsp3) is 0.455. The van der Waals surface area contributed by atoms with Gasteiger partial charge in [0.15, 0.2) is 0 Å². The summed E-state index contributed by atoms with van der Waals surface area (Å²) in [6, 6.07) is 12.3. The highest BCUT2D eigenvalue weighted by Gasteiger charge is 2.21. The molecule has 1 aromatic heterocycles. The average molecular weight is 382 g/mol. The van der Waals surface area contributed by atoms with Crippen LogP contribution in [0.25, 0.3) is 0 Å². The lowest BCUT2D eigenvalue weighted by Gasteiger charge is -2.38. The van der Waals surface area contributed by atoms with Crippen LogP contribution >= 0.6 is 0 Å². The highest BCUT2D eigenvalue weighted by molar-refractivity contribution is 5.74. The number of hydrogen-bond donors (Lipinski definition) is 2. The zero-order valence-electron chi connectivity index (χ0n) is 17.3. The first kappa shape index (κ1) is 20.0. The first-order chi connectivity index (χ1) is 13.3. The van der Waals surface area contributed by atoms with Crippen molar-refractivity contribution in [2.75, 3.05) is 36.0 Å². The largest absolute Gasteiger partial charge is 0.368 e. The quantitative estimate of drug-likeness (QED) is 0.853. The third kappa shape index (κ3) is 5.15. The van der Waals surface area contributed by atoms with Gasteiger partial charge in [0.1, 0.15) is 5.82 Å². The normalized spacial score (nSPS) is 14.7. The molecule has 2 aromatic rings. The average Bonchev–Trinajstić information content (AvgIpc) is 2.66. The van der Waals surface area contributed by atoms with Gasteiger partial charge < -0.3 is 20.4 Å². The molecule has 1 aromatic carbocycles. The highest BCUT2D eigenvalue weighted by Crippen LogP contribution is 2.24. The fourth-order valence-electron chi connectivity index (χ4n) is 3.49. The highest BCUT2D eigenvalue weighted by atomic mass is 16.2. The van der Waals surface area contributed by atoms with Gasteiger partial charge in [-0.1, -0.05) is 24.3 Å². The molecule has 1 saturated heterocycles. The molecule has 0 saturated carbocycles. The van der Waals surface area contributed by atoms with Crippen molar-refractivity contribution < 1.29 is 4.79 Å². The number of nitrogens with one attached hydrogen (secondary N) is 2. The molecule has 0 radical (unpaired) electrons. The summed E-state index contributed by atoms with van der Waals surface area (Å²) in [5, 5.41) is 5.88. The number of aryl methyl sites for hydroxylation is 1. The molecule has 2 amide bonds. The third-order valence-corrected chi connectivity index (χ3v) is 4.83. The van der Waals surface area contributed by atoms with Gasteiger partial charge in [0.2, 0.25) is 0 Å². The first-order valence-corrected chi connectivity index (χ1v) is 9.89. The van der Waals surface area contributed by atoms with Crippen LogP contribution in [0.1, 0.15) is 31.9 Å². The van der Waals surface area contributed by atoms with Gasteiger partial charge in [-0.05, 0) is 45.4 Å². The summed E-state index contributed by atoms with van der Waals surface area (Å²) >= 11 is 0. The zero-order valence-corrected chi connectivity index (χ0v) is 17.3. The van der Waals surface area contributed by atoms with Crippen LogP contribution in [0.2, 0.25) is 0 Å². The third-order valence-electron chi connectivity index (χ3n) is 4.83. The maximum absolute atomic E-state index is 12.1. The molecule has 0 aliphatic carbocycles. The SMILES string of the molecule is Cc1ccccc1N1CCN(c2ncccc2CNC(=O)NC(C)(C)C)CC1. The monoisotopic (exact) mass is 381 g/mol. The van der Waals surface area contributed by atoms with Crippen molar-refractivity contribution in [2.45, 2.75) is 39.8 Å². The first-order valence-electron chi connectivity index (χ1n) is 9.89. The van der Waals surface area contributed by atoms with Crippen LogP contribution in [-0.2, 0) is 6.54 Å². The molecule has 3 rings (SSSR count). The number of anilines is 2. The molecule has 150 valence electrons. The Bertz CT molecular complexity index is 807. The zero-order chi connectivity index (χ0) is 20.1. The lowest BCUT2D eigenvalue weighted by molar-refractivity contribution is 0.231. The lowest BCUT2D eigenvalue weighted by Crippen LogP contribution is -2.48. The molecule has 1 aliphatic heterocycles. The summed E-state index contributed by atoms with van der Waals surface area (Å²) in [4.78, 5) is 21.4. The van der Waals surface area contributed by atoms with E-state index in [1.165, 1.54) is 11.3 Å². The van der Waals surface area contributed by atoms with Crippen molar-refractivity contribution in [1.82, 2.24) is 15.6 Å². The van der Waals surface area contributed by atoms with Gasteiger partial charge >= 0.3 is 6.03 Å². The summed E-state index contributed by atoms with van der Waals surface area (Å²) in [7, 11) is 0. The number of aromatic nitrogens is 1. The molecule has 0 unspecified atom stereocenters. The number of pyridine rings is 1. The van der Waals surface area contributed by atoms with E-state index in [9.17, 15) is 4.79 Å². The van der Waals surface area contributed by atoms with E-state index in [1.807, 2.05) is 39.1 Å². The number of rotatable bonds is 4. The minimum absolute atomic E-state index is 0.160. The van der Waals surface area contributed by atoms with E-state index in [1.54, 1.807) is 0 Å². The van der Waals surface area contributed by atoms with E-state index in [0.29, 0.717) is 6.54 Å². The number of nitrogens with zero attached hydrogens (tertiary/aromatic N) is 3. The van der Waals surface area contributed by atoms with Crippen LogP contribution in [0, 0.1) is 6.92 Å². The Morgan fingerprint density at radius 1 is 1.04 bits per heavy atom. The Morgan fingerprint density at radius 3 is 2.39 bits per heavy atom. The minimum atomic E-state index is -0.256. The summed E-state index contributed by atoms with van der Waals surface area (Å²) < 4.78 is 0. The number of carbonyl (C=O) groups excluding carboxylic acids is 1. The van der Waals surface area contributed by atoms with Gasteiger partial charge in [-0.3, -0.25) is 0 Å². The van der Waals surface area contributed by atoms with Crippen LogP contribution in [0.5, 0.6) is 0 Å². The van der Waals surface area contributed by atoms with Gasteiger partial charge in [0.25, 0.3) is 0 Å². The van der Waals surface area contributed by atoms with E-state index in [-0.39, 0.29) is 11.6 Å². The Morgan fingerprint density at radius 2 is 1.71 bits per heavy atom. The van der Waals surface area contributed by atoms with Crippen LogP contribution in [0.4, 0.5) is 16.3 Å². The number of piperazine rings is 1. The second-order valence-corrected chi connectivity index (χ2v) is 8.30. The Balaban J connectivity index is 1.62. The topological polar surface area (TPSA) is 60.5 Å². The fourth-order valence-corrected chi connectivity index (χ4v) is 3.49. The van der Waals surface area contributed by atoms with Crippen LogP contribution < -0.4 is 20.4 Å². The molecule has 6 heteroatoms. The van der Waals surface area contributed by atoms with Crippen molar-refractivity contribution >= 4 is 17.5 Å². The molecule has 2 heterocycles. The number of para-hydroxylation sites is 1. The second-order valence-electron chi connectivity index (χ2n) is 8.30. The molecular weight excluding hydrogens is 350 g/mol. The molecule has 0 atom stereocenters. The van der Waals surface area contributed by atoms with E-state index < -0.39 is 0 Å². The van der Waals surface area contributed by atoms with Crippen molar-refractivity contribution in [3.05, 3.63) is 53.7 Å². The van der Waals surface area contributed by atoms with Gasteiger partial charge in [-0.25, -0.2) is 9.78 Å². The summed E-state index contributed by atoms with van der Waals surface area (Å²) in [6.45, 7) is 12.3. The van der Waals surface area contributed by atoms with E-state index in [4.69, 9.17) is 0 Å². The number of urea groups is 1. The maximum Gasteiger partial charge on any atom is 0.315 e. The van der Waals surface area contributed by atoms with Crippen molar-refractivity contribution in [1.29, 1.82) is 0 Å². The predicted molar refractivity (Wildman–Crippen MR) is 115 cm³/mol. The number of benzene rings is 1. The van der Waals surface area contributed by atoms with Crippen molar-refractivity contribution in [3.63, 3.8) is 0 Å². The molecule has 28 heavy (non-hydrogen) atoms. The molecule has 0 bridgehead atoms. The molecule has 1 fully saturated rings. The van der Waals surface area contributed by atoms with Crippen molar-refractivity contribution in [3.8, 4) is 0 Å². The summed E-state index contributed by atoms with van der Waals surface area (Å²) in [5.41, 5.74) is 3.40. The smallest absolute Gasteiger partial charge is 0.315 e. The molecule has 0 spiro atoms. The molecular formula is C22H31N5O. The van der Waals surface area contributed by atoms with Crippen LogP contribution in [0.15, 0.2) is 42.6 Å². The number of carbonyl (C=O) groups is 1. The summed E-state index contributed by atoms with van der Waals surface area (Å²) in [6.07, 6.45) is 1.82. The van der Waals surface area contributed by atoms with E-state index >= 15 is 0 Å². The molecule has 1 aliphatic rings. The molecule has 6 nitrogen and oxygen atoms in total. The number of hydrogen-bond acceptors (Lipinski definition) is 4. The van der Waals surface area contributed by atoms with Gasteiger partial charge in [0, 0.05) is 55.7 Å². The van der Waals surface area contributed by atoms with E-state index in [0.717, 1.165) is 37.6 Å². The van der Waals surface area contributed by atoms with Gasteiger partial charge in [-0.2, -0.15) is 0 Å². The van der Waals surface area contributed by atoms with Gasteiger partial charge in [0.05, 0.1) is 0 Å². The van der Waals surface area contributed by atoms with Crippen LogP contribution in [0.3, 0.4) is 0 Å². The Labute approximate surface area is 167 Å². The molecule has 2 N–H and O–H groups in total. The van der Waals surface area contributed by atoms with Gasteiger partial charge in [-0.15, -0.1) is 0 Å². The second kappa shape index (κ2) is 8.50. The summed E-state index contributed by atoms with van der Waals surface area (Å²) in [5.74, 6) is 0.961. The standard InChI is InChI=1S/C22H31N5O/c1-17-8-5-6-10-19(17)26-12-14-27(15-13-26)20-18(9-7-11-23-20)16-24-21(28)25-22(2,3)4/h5-11H,12-16H2,1-4H3,(H2,24,25,28).